The highest BCUT2D eigenvalue weighted by Gasteiger charge is 2.33. The van der Waals surface area contributed by atoms with Gasteiger partial charge in [0.2, 0.25) is 0 Å². The van der Waals surface area contributed by atoms with Crippen LogP contribution < -0.4 is 19.6 Å². The summed E-state index contributed by atoms with van der Waals surface area (Å²) >= 11 is 2.96. The van der Waals surface area contributed by atoms with Gasteiger partial charge < -0.3 is 9.47 Å². The molecule has 0 saturated heterocycles. The molecule has 0 N–H and O–H groups in total. The van der Waals surface area contributed by atoms with Crippen LogP contribution in [0.25, 0.3) is 6.08 Å². The fourth-order valence-corrected chi connectivity index (χ4v) is 6.29. The largest absolute Gasteiger partial charge is 0.494 e. The summed E-state index contributed by atoms with van der Waals surface area (Å²) in [6.45, 7) is 4.80. The van der Waals surface area contributed by atoms with Crippen LogP contribution in [-0.2, 0) is 16.1 Å². The van der Waals surface area contributed by atoms with Crippen LogP contribution in [0.4, 0.5) is 0 Å². The Kier molecular flexibility index (Phi) is 9.77. The molecule has 6 nitrogen and oxygen atoms in total. The van der Waals surface area contributed by atoms with E-state index in [1.165, 1.54) is 11.3 Å². The monoisotopic (exact) mass is 598 g/mol. The van der Waals surface area contributed by atoms with Crippen molar-refractivity contribution in [1.29, 1.82) is 0 Å². The number of allylic oxidation sites excluding steroid dienone is 1. The molecular formula is C34H34N2O4S2. The summed E-state index contributed by atoms with van der Waals surface area (Å²) in [5.41, 5.74) is 3.32. The van der Waals surface area contributed by atoms with Gasteiger partial charge in [-0.05, 0) is 66.6 Å². The van der Waals surface area contributed by atoms with Gasteiger partial charge in [0.05, 0.1) is 28.5 Å². The molecule has 42 heavy (non-hydrogen) atoms. The topological polar surface area (TPSA) is 69.9 Å². The first-order chi connectivity index (χ1) is 20.5. The maximum atomic E-state index is 13.9. The van der Waals surface area contributed by atoms with Crippen molar-refractivity contribution < 1.29 is 14.3 Å². The normalized spacial score (nSPS) is 14.8. The molecule has 1 atom stereocenters. The SMILES string of the molecule is CCCCCOc1ccc(C=c2sc3n(c2=O)C(c2ccc(SC)cc2)C(C(=O)OCc2ccccc2)=C(C)N=3)cc1. The second kappa shape index (κ2) is 13.9. The smallest absolute Gasteiger partial charge is 0.338 e. The van der Waals surface area contributed by atoms with E-state index in [0.717, 1.165) is 46.6 Å². The average Bonchev–Trinajstić information content (AvgIpc) is 3.32. The molecule has 8 heteroatoms. The predicted molar refractivity (Wildman–Crippen MR) is 170 cm³/mol. The van der Waals surface area contributed by atoms with E-state index in [1.807, 2.05) is 91.2 Å². The number of thiazole rings is 1. The third-order valence-electron chi connectivity index (χ3n) is 7.08. The van der Waals surface area contributed by atoms with Crippen LogP contribution in [0.5, 0.6) is 5.75 Å². The minimum atomic E-state index is -0.651. The second-order valence-electron chi connectivity index (χ2n) is 10.0. The predicted octanol–water partition coefficient (Wildman–Crippen LogP) is 6.27. The zero-order valence-electron chi connectivity index (χ0n) is 24.0. The molecule has 1 aromatic heterocycles. The molecule has 0 amide bonds. The Bertz CT molecular complexity index is 1740. The lowest BCUT2D eigenvalue weighted by Gasteiger charge is -2.25. The Morgan fingerprint density at radius 3 is 2.45 bits per heavy atom. The molecule has 0 fully saturated rings. The third-order valence-corrected chi connectivity index (χ3v) is 8.81. The number of unbranched alkanes of at least 4 members (excludes halogenated alkanes) is 2. The van der Waals surface area contributed by atoms with E-state index in [0.29, 0.717) is 27.2 Å². The number of nitrogens with zero attached hydrogens (tertiary/aromatic N) is 2. The Morgan fingerprint density at radius 2 is 1.76 bits per heavy atom. The third kappa shape index (κ3) is 6.77. The van der Waals surface area contributed by atoms with Crippen LogP contribution in [0.1, 0.15) is 55.8 Å². The number of aromatic nitrogens is 1. The molecule has 1 aliphatic rings. The number of hydrogen-bond acceptors (Lipinski definition) is 7. The fraction of sp³-hybridized carbons (Fsp3) is 0.265. The molecule has 3 aromatic carbocycles. The first-order valence-corrected chi connectivity index (χ1v) is 16.1. The maximum Gasteiger partial charge on any atom is 0.338 e. The summed E-state index contributed by atoms with van der Waals surface area (Å²) in [6.07, 6.45) is 7.21. The lowest BCUT2D eigenvalue weighted by molar-refractivity contribution is -0.140. The molecular weight excluding hydrogens is 565 g/mol. The molecule has 5 rings (SSSR count). The first kappa shape index (κ1) is 29.6. The van der Waals surface area contributed by atoms with Crippen molar-refractivity contribution in [1.82, 2.24) is 4.57 Å². The highest BCUT2D eigenvalue weighted by atomic mass is 32.2. The minimum Gasteiger partial charge on any atom is -0.494 e. The van der Waals surface area contributed by atoms with E-state index in [9.17, 15) is 9.59 Å². The molecule has 0 radical (unpaired) electrons. The quantitative estimate of drug-likeness (QED) is 0.116. The lowest BCUT2D eigenvalue weighted by atomic mass is 9.96. The fourth-order valence-electron chi connectivity index (χ4n) is 4.84. The molecule has 216 valence electrons. The van der Waals surface area contributed by atoms with Gasteiger partial charge in [0.25, 0.3) is 5.56 Å². The molecule has 0 aliphatic carbocycles. The number of hydrogen-bond donors (Lipinski definition) is 0. The molecule has 1 unspecified atom stereocenters. The van der Waals surface area contributed by atoms with E-state index >= 15 is 0 Å². The highest BCUT2D eigenvalue weighted by Crippen LogP contribution is 2.32. The van der Waals surface area contributed by atoms with Crippen LogP contribution in [0.2, 0.25) is 0 Å². The van der Waals surface area contributed by atoms with Gasteiger partial charge in [0.1, 0.15) is 12.4 Å². The molecule has 1 aliphatic heterocycles. The minimum absolute atomic E-state index is 0.136. The number of fused-ring (bicyclic) bond motifs is 1. The van der Waals surface area contributed by atoms with Crippen LogP contribution in [-0.4, -0.2) is 23.4 Å². The van der Waals surface area contributed by atoms with Gasteiger partial charge in [-0.2, -0.15) is 0 Å². The van der Waals surface area contributed by atoms with Gasteiger partial charge in [-0.25, -0.2) is 9.79 Å². The lowest BCUT2D eigenvalue weighted by Crippen LogP contribution is -2.39. The van der Waals surface area contributed by atoms with Gasteiger partial charge in [-0.15, -0.1) is 11.8 Å². The summed E-state index contributed by atoms with van der Waals surface area (Å²) in [5, 5.41) is 0. The van der Waals surface area contributed by atoms with Crippen molar-refractivity contribution in [3.63, 3.8) is 0 Å². The van der Waals surface area contributed by atoms with Crippen LogP contribution >= 0.6 is 23.1 Å². The number of benzene rings is 3. The number of thioether (sulfide) groups is 1. The van der Waals surface area contributed by atoms with Crippen molar-refractivity contribution in [3.05, 3.63) is 127 Å². The van der Waals surface area contributed by atoms with Crippen molar-refractivity contribution in [2.24, 2.45) is 4.99 Å². The van der Waals surface area contributed by atoms with Gasteiger partial charge in [-0.1, -0.05) is 85.7 Å². The van der Waals surface area contributed by atoms with Gasteiger partial charge in [0, 0.05) is 4.90 Å². The number of ether oxygens (including phenoxy) is 2. The van der Waals surface area contributed by atoms with Crippen molar-refractivity contribution >= 4 is 35.1 Å². The Balaban J connectivity index is 1.50. The van der Waals surface area contributed by atoms with Crippen molar-refractivity contribution in [2.75, 3.05) is 12.9 Å². The van der Waals surface area contributed by atoms with Crippen LogP contribution in [0, 0.1) is 0 Å². The molecule has 2 heterocycles. The summed E-state index contributed by atoms with van der Waals surface area (Å²) in [6, 6.07) is 24.6. The molecule has 0 saturated carbocycles. The van der Waals surface area contributed by atoms with E-state index in [2.05, 4.69) is 6.92 Å². The Morgan fingerprint density at radius 1 is 1.02 bits per heavy atom. The maximum absolute atomic E-state index is 13.9. The van der Waals surface area contributed by atoms with Crippen molar-refractivity contribution in [3.8, 4) is 5.75 Å². The zero-order chi connectivity index (χ0) is 29.5. The summed E-state index contributed by atoms with van der Waals surface area (Å²) in [7, 11) is 0. The number of esters is 1. The number of rotatable bonds is 11. The first-order valence-electron chi connectivity index (χ1n) is 14.1. The number of carbonyl (C=O) groups is 1. The Labute approximate surface area is 254 Å². The summed E-state index contributed by atoms with van der Waals surface area (Å²) in [5.74, 6) is 0.329. The standard InChI is InChI=1S/C34H34N2O4S2/c1-4-5-9-20-39-27-16-12-24(13-17-27)21-29-32(37)36-31(26-14-18-28(41-3)19-15-26)30(23(2)35-34(36)42-29)33(38)40-22-25-10-7-6-8-11-25/h6-8,10-19,21,31H,4-5,9,20,22H2,1-3H3. The van der Waals surface area contributed by atoms with Gasteiger partial charge in [-0.3, -0.25) is 9.36 Å². The summed E-state index contributed by atoms with van der Waals surface area (Å²) in [4.78, 5) is 33.9. The van der Waals surface area contributed by atoms with Crippen LogP contribution in [0.15, 0.2) is 105 Å². The molecule has 4 aromatic rings. The van der Waals surface area contributed by atoms with Crippen LogP contribution in [0.3, 0.4) is 0 Å². The van der Waals surface area contributed by atoms with E-state index in [1.54, 1.807) is 23.3 Å². The zero-order valence-corrected chi connectivity index (χ0v) is 25.7. The van der Waals surface area contributed by atoms with E-state index in [4.69, 9.17) is 14.5 Å². The second-order valence-corrected chi connectivity index (χ2v) is 11.9. The number of carbonyl (C=O) groups excluding carboxylic acids is 1. The highest BCUT2D eigenvalue weighted by molar-refractivity contribution is 7.98. The molecule has 0 spiro atoms. The average molecular weight is 599 g/mol. The van der Waals surface area contributed by atoms with Crippen molar-refractivity contribution in [2.45, 2.75) is 50.7 Å². The Hall–Kier alpha value is -3.88. The van der Waals surface area contributed by atoms with Gasteiger partial charge in [0.15, 0.2) is 4.80 Å². The summed E-state index contributed by atoms with van der Waals surface area (Å²) < 4.78 is 13.8. The van der Waals surface area contributed by atoms with Gasteiger partial charge >= 0.3 is 5.97 Å². The molecule has 0 bridgehead atoms. The van der Waals surface area contributed by atoms with E-state index < -0.39 is 12.0 Å². The van der Waals surface area contributed by atoms with E-state index in [-0.39, 0.29) is 12.2 Å².